The monoisotopic (exact) mass is 207 g/mol. The van der Waals surface area contributed by atoms with Crippen LogP contribution in [0.4, 0.5) is 0 Å². The quantitative estimate of drug-likeness (QED) is 0.682. The van der Waals surface area contributed by atoms with Crippen molar-refractivity contribution in [1.29, 1.82) is 0 Å². The smallest absolute Gasteiger partial charge is 0.150 e. The zero-order chi connectivity index (χ0) is 10.3. The van der Waals surface area contributed by atoms with E-state index in [1.807, 2.05) is 0 Å². The van der Waals surface area contributed by atoms with Crippen LogP contribution in [0.1, 0.15) is 33.1 Å². The molecule has 0 spiro atoms. The molecular weight excluding hydrogens is 186 g/mol. The molecule has 2 N–H and O–H groups in total. The van der Waals surface area contributed by atoms with Gasteiger partial charge in [0.2, 0.25) is 0 Å². The molecule has 0 radical (unpaired) electrons. The molecule has 0 fully saturated rings. The Hall–Kier alpha value is -0.0900. The van der Waals surface area contributed by atoms with Crippen LogP contribution in [-0.4, -0.2) is 26.5 Å². The number of hydrogen-bond acceptors (Lipinski definition) is 3. The minimum atomic E-state index is -2.76. The van der Waals surface area contributed by atoms with Crippen molar-refractivity contribution in [2.45, 2.75) is 33.1 Å². The summed E-state index contributed by atoms with van der Waals surface area (Å²) in [7, 11) is -2.76. The average Bonchev–Trinajstić information content (AvgIpc) is 2.05. The molecule has 1 atom stereocenters. The van der Waals surface area contributed by atoms with E-state index < -0.39 is 9.84 Å². The molecule has 0 heterocycles. The number of hydrogen-bond donors (Lipinski definition) is 1. The molecule has 0 saturated carbocycles. The largest absolute Gasteiger partial charge is 0.330 e. The number of nitrogens with two attached hydrogens (primary N) is 1. The highest BCUT2D eigenvalue weighted by Gasteiger charge is 2.08. The molecule has 0 aromatic carbocycles. The third-order valence-electron chi connectivity index (χ3n) is 2.25. The Labute approximate surface area is 81.6 Å². The SMILES string of the molecule is CCS(=O)(=O)CCCC(C)CCN. The lowest BCUT2D eigenvalue weighted by Crippen LogP contribution is -2.11. The Bertz CT molecular complexity index is 212. The summed E-state index contributed by atoms with van der Waals surface area (Å²) in [6, 6.07) is 0. The van der Waals surface area contributed by atoms with Crippen LogP contribution in [0.25, 0.3) is 0 Å². The topological polar surface area (TPSA) is 60.2 Å². The first-order valence-electron chi connectivity index (χ1n) is 4.92. The Kier molecular flexibility index (Phi) is 6.33. The molecular formula is C9H21NO2S. The van der Waals surface area contributed by atoms with Crippen LogP contribution in [0, 0.1) is 5.92 Å². The predicted molar refractivity (Wildman–Crippen MR) is 56.4 cm³/mol. The summed E-state index contributed by atoms with van der Waals surface area (Å²) in [5.74, 6) is 1.15. The van der Waals surface area contributed by atoms with E-state index in [-0.39, 0.29) is 5.75 Å². The first kappa shape index (κ1) is 12.9. The first-order chi connectivity index (χ1) is 6.02. The van der Waals surface area contributed by atoms with Crippen LogP contribution in [0.5, 0.6) is 0 Å². The molecule has 3 nitrogen and oxygen atoms in total. The molecule has 0 aromatic rings. The maximum Gasteiger partial charge on any atom is 0.150 e. The van der Waals surface area contributed by atoms with Crippen molar-refractivity contribution in [3.05, 3.63) is 0 Å². The van der Waals surface area contributed by atoms with Crippen LogP contribution in [0.3, 0.4) is 0 Å². The lowest BCUT2D eigenvalue weighted by Gasteiger charge is -2.08. The normalized spacial score (nSPS) is 14.4. The Morgan fingerprint density at radius 3 is 2.38 bits per heavy atom. The van der Waals surface area contributed by atoms with Crippen molar-refractivity contribution < 1.29 is 8.42 Å². The summed E-state index contributed by atoms with van der Waals surface area (Å²) in [4.78, 5) is 0. The van der Waals surface area contributed by atoms with E-state index in [4.69, 9.17) is 5.73 Å². The molecule has 80 valence electrons. The fraction of sp³-hybridized carbons (Fsp3) is 1.00. The van der Waals surface area contributed by atoms with Gasteiger partial charge in [0, 0.05) is 5.75 Å². The van der Waals surface area contributed by atoms with Crippen LogP contribution >= 0.6 is 0 Å². The molecule has 0 aromatic heterocycles. The molecule has 0 bridgehead atoms. The minimum Gasteiger partial charge on any atom is -0.330 e. The van der Waals surface area contributed by atoms with Gasteiger partial charge in [-0.1, -0.05) is 13.8 Å². The van der Waals surface area contributed by atoms with Gasteiger partial charge in [0.15, 0.2) is 0 Å². The van der Waals surface area contributed by atoms with E-state index in [1.165, 1.54) is 0 Å². The highest BCUT2D eigenvalue weighted by molar-refractivity contribution is 7.91. The van der Waals surface area contributed by atoms with E-state index in [9.17, 15) is 8.42 Å². The molecule has 0 amide bonds. The van der Waals surface area contributed by atoms with Gasteiger partial charge in [0.1, 0.15) is 9.84 Å². The predicted octanol–water partition coefficient (Wildman–Crippen LogP) is 1.19. The van der Waals surface area contributed by atoms with E-state index in [0.717, 1.165) is 19.3 Å². The highest BCUT2D eigenvalue weighted by atomic mass is 32.2. The van der Waals surface area contributed by atoms with Gasteiger partial charge in [0.05, 0.1) is 5.75 Å². The van der Waals surface area contributed by atoms with Gasteiger partial charge in [-0.2, -0.15) is 0 Å². The molecule has 1 unspecified atom stereocenters. The molecule has 0 rings (SSSR count). The molecule has 0 saturated heterocycles. The van der Waals surface area contributed by atoms with Crippen LogP contribution < -0.4 is 5.73 Å². The summed E-state index contributed by atoms with van der Waals surface area (Å²) in [6.45, 7) is 4.51. The van der Waals surface area contributed by atoms with Crippen molar-refractivity contribution in [3.8, 4) is 0 Å². The zero-order valence-corrected chi connectivity index (χ0v) is 9.44. The molecule has 0 aliphatic carbocycles. The van der Waals surface area contributed by atoms with Crippen molar-refractivity contribution in [2.75, 3.05) is 18.1 Å². The van der Waals surface area contributed by atoms with Crippen LogP contribution in [-0.2, 0) is 9.84 Å². The van der Waals surface area contributed by atoms with E-state index >= 15 is 0 Å². The molecule has 13 heavy (non-hydrogen) atoms. The van der Waals surface area contributed by atoms with Gasteiger partial charge in [-0.25, -0.2) is 8.42 Å². The maximum atomic E-state index is 11.1. The van der Waals surface area contributed by atoms with Crippen molar-refractivity contribution in [3.63, 3.8) is 0 Å². The van der Waals surface area contributed by atoms with Crippen molar-refractivity contribution >= 4 is 9.84 Å². The lowest BCUT2D eigenvalue weighted by molar-refractivity contribution is 0.491. The summed E-state index contributed by atoms with van der Waals surface area (Å²) < 4.78 is 22.2. The Balaban J connectivity index is 3.56. The van der Waals surface area contributed by atoms with E-state index in [2.05, 4.69) is 6.92 Å². The third-order valence-corrected chi connectivity index (χ3v) is 4.04. The third kappa shape index (κ3) is 7.02. The summed E-state index contributed by atoms with van der Waals surface area (Å²) in [5.41, 5.74) is 5.39. The zero-order valence-electron chi connectivity index (χ0n) is 8.62. The van der Waals surface area contributed by atoms with E-state index in [1.54, 1.807) is 6.92 Å². The fourth-order valence-corrected chi connectivity index (χ4v) is 2.12. The first-order valence-corrected chi connectivity index (χ1v) is 6.74. The molecule has 0 aliphatic rings. The second-order valence-corrected chi connectivity index (χ2v) is 6.03. The minimum absolute atomic E-state index is 0.262. The van der Waals surface area contributed by atoms with Gasteiger partial charge in [-0.3, -0.25) is 0 Å². The van der Waals surface area contributed by atoms with E-state index in [0.29, 0.717) is 18.2 Å². The maximum absolute atomic E-state index is 11.1. The standard InChI is InChI=1S/C9H21NO2S/c1-3-13(11,12)8-4-5-9(2)6-7-10/h9H,3-8,10H2,1-2H3. The highest BCUT2D eigenvalue weighted by Crippen LogP contribution is 2.10. The van der Waals surface area contributed by atoms with Crippen molar-refractivity contribution in [2.24, 2.45) is 11.7 Å². The number of rotatable bonds is 7. The van der Waals surface area contributed by atoms with Gasteiger partial charge < -0.3 is 5.73 Å². The summed E-state index contributed by atoms with van der Waals surface area (Å²) in [6.07, 6.45) is 2.74. The number of sulfone groups is 1. The fourth-order valence-electron chi connectivity index (χ4n) is 1.22. The lowest BCUT2D eigenvalue weighted by atomic mass is 10.0. The molecule has 0 aliphatic heterocycles. The summed E-state index contributed by atoms with van der Waals surface area (Å²) in [5, 5.41) is 0. The van der Waals surface area contributed by atoms with Gasteiger partial charge in [-0.15, -0.1) is 0 Å². The molecule has 4 heteroatoms. The van der Waals surface area contributed by atoms with Gasteiger partial charge in [0.25, 0.3) is 0 Å². The second kappa shape index (κ2) is 6.38. The Morgan fingerprint density at radius 1 is 1.31 bits per heavy atom. The van der Waals surface area contributed by atoms with Crippen molar-refractivity contribution in [1.82, 2.24) is 0 Å². The van der Waals surface area contributed by atoms with Crippen LogP contribution in [0.2, 0.25) is 0 Å². The van der Waals surface area contributed by atoms with Gasteiger partial charge >= 0.3 is 0 Å². The second-order valence-electron chi connectivity index (χ2n) is 3.56. The van der Waals surface area contributed by atoms with Crippen LogP contribution in [0.15, 0.2) is 0 Å². The average molecular weight is 207 g/mol. The Morgan fingerprint density at radius 2 is 1.92 bits per heavy atom. The summed E-state index contributed by atoms with van der Waals surface area (Å²) >= 11 is 0. The van der Waals surface area contributed by atoms with Gasteiger partial charge in [-0.05, 0) is 31.7 Å².